The molecule has 150 valence electrons. The minimum atomic E-state index is -0.0625. The standard InChI is InChI=1S/C22H24ClN5O/c1-3-20-24-19-14-16(23)8-9-17(19)21(26-20)27-10-12-28(13-11-27)22(29)25-18-7-5-4-6-15(18)2/h4-9,14H,3,10-13H2,1-2H3,(H,25,29). The van der Waals surface area contributed by atoms with Gasteiger partial charge in [0.25, 0.3) is 0 Å². The predicted octanol–water partition coefficient (Wildman–Crippen LogP) is 4.51. The zero-order valence-corrected chi connectivity index (χ0v) is 17.4. The van der Waals surface area contributed by atoms with Crippen LogP contribution in [0.5, 0.6) is 0 Å². The molecule has 1 fully saturated rings. The van der Waals surface area contributed by atoms with Crippen molar-refractivity contribution in [2.45, 2.75) is 20.3 Å². The smallest absolute Gasteiger partial charge is 0.321 e. The first-order valence-electron chi connectivity index (χ1n) is 9.88. The Morgan fingerprint density at radius 2 is 1.86 bits per heavy atom. The normalized spacial score (nSPS) is 14.3. The second kappa shape index (κ2) is 8.25. The van der Waals surface area contributed by atoms with E-state index in [0.29, 0.717) is 18.1 Å². The van der Waals surface area contributed by atoms with Crippen LogP contribution in [-0.4, -0.2) is 47.1 Å². The van der Waals surface area contributed by atoms with Crippen molar-refractivity contribution < 1.29 is 4.79 Å². The highest BCUT2D eigenvalue weighted by Gasteiger charge is 2.24. The molecule has 3 aromatic rings. The number of halogens is 1. The Bertz CT molecular complexity index is 1050. The number of aryl methyl sites for hydroxylation is 2. The predicted molar refractivity (Wildman–Crippen MR) is 118 cm³/mol. The molecule has 4 rings (SSSR count). The van der Waals surface area contributed by atoms with Crippen LogP contribution in [0, 0.1) is 6.92 Å². The van der Waals surface area contributed by atoms with Crippen LogP contribution in [0.1, 0.15) is 18.3 Å². The van der Waals surface area contributed by atoms with E-state index >= 15 is 0 Å². The van der Waals surface area contributed by atoms with E-state index in [1.165, 1.54) is 0 Å². The molecule has 0 spiro atoms. The zero-order chi connectivity index (χ0) is 20.4. The fourth-order valence-corrected chi connectivity index (χ4v) is 3.73. The third-order valence-electron chi connectivity index (χ3n) is 5.25. The summed E-state index contributed by atoms with van der Waals surface area (Å²) in [6.07, 6.45) is 0.758. The van der Waals surface area contributed by atoms with E-state index in [1.807, 2.05) is 61.2 Å². The number of hydrogen-bond acceptors (Lipinski definition) is 4. The third-order valence-corrected chi connectivity index (χ3v) is 5.49. The number of urea groups is 1. The van der Waals surface area contributed by atoms with Crippen LogP contribution in [0.4, 0.5) is 16.3 Å². The molecule has 2 heterocycles. The fourth-order valence-electron chi connectivity index (χ4n) is 3.56. The summed E-state index contributed by atoms with van der Waals surface area (Å²) in [6, 6.07) is 13.5. The van der Waals surface area contributed by atoms with Crippen LogP contribution < -0.4 is 10.2 Å². The number of carbonyl (C=O) groups excluding carboxylic acids is 1. The molecule has 0 unspecified atom stereocenters. The number of piperazine rings is 1. The van der Waals surface area contributed by atoms with Gasteiger partial charge in [-0.05, 0) is 36.8 Å². The number of hydrogen-bond donors (Lipinski definition) is 1. The molecule has 1 N–H and O–H groups in total. The Kier molecular flexibility index (Phi) is 5.53. The summed E-state index contributed by atoms with van der Waals surface area (Å²) in [5, 5.41) is 4.68. The third kappa shape index (κ3) is 4.12. The van der Waals surface area contributed by atoms with Crippen LogP contribution in [-0.2, 0) is 6.42 Å². The Morgan fingerprint density at radius 1 is 1.10 bits per heavy atom. The summed E-state index contributed by atoms with van der Waals surface area (Å²) in [5.41, 5.74) is 2.77. The first-order valence-corrected chi connectivity index (χ1v) is 10.3. The van der Waals surface area contributed by atoms with Gasteiger partial charge in [-0.15, -0.1) is 0 Å². The van der Waals surface area contributed by atoms with Gasteiger partial charge in [0.15, 0.2) is 0 Å². The molecule has 2 aromatic carbocycles. The van der Waals surface area contributed by atoms with Gasteiger partial charge in [0, 0.05) is 48.7 Å². The summed E-state index contributed by atoms with van der Waals surface area (Å²) in [7, 11) is 0. The molecule has 7 heteroatoms. The van der Waals surface area contributed by atoms with E-state index in [0.717, 1.165) is 53.3 Å². The molecule has 1 saturated heterocycles. The van der Waals surface area contributed by atoms with Crippen molar-refractivity contribution in [2.24, 2.45) is 0 Å². The zero-order valence-electron chi connectivity index (χ0n) is 16.7. The van der Waals surface area contributed by atoms with Gasteiger partial charge in [0.1, 0.15) is 11.6 Å². The van der Waals surface area contributed by atoms with Gasteiger partial charge in [-0.3, -0.25) is 0 Å². The molecule has 0 aliphatic carbocycles. The number of fused-ring (bicyclic) bond motifs is 1. The molecule has 0 atom stereocenters. The molecule has 6 nitrogen and oxygen atoms in total. The summed E-state index contributed by atoms with van der Waals surface area (Å²) in [6.45, 7) is 6.75. The van der Waals surface area contributed by atoms with Gasteiger partial charge in [0.2, 0.25) is 0 Å². The summed E-state index contributed by atoms with van der Waals surface area (Å²) in [4.78, 5) is 26.1. The number of para-hydroxylation sites is 1. The maximum Gasteiger partial charge on any atom is 0.321 e. The van der Waals surface area contributed by atoms with Gasteiger partial charge >= 0.3 is 6.03 Å². The lowest BCUT2D eigenvalue weighted by atomic mass is 10.2. The monoisotopic (exact) mass is 409 g/mol. The number of nitrogens with zero attached hydrogens (tertiary/aromatic N) is 4. The second-order valence-electron chi connectivity index (χ2n) is 7.20. The van der Waals surface area contributed by atoms with Gasteiger partial charge in [0.05, 0.1) is 5.52 Å². The van der Waals surface area contributed by atoms with Crippen molar-refractivity contribution in [1.82, 2.24) is 14.9 Å². The quantitative estimate of drug-likeness (QED) is 0.691. The van der Waals surface area contributed by atoms with E-state index < -0.39 is 0 Å². The van der Waals surface area contributed by atoms with Gasteiger partial charge in [-0.25, -0.2) is 14.8 Å². The van der Waals surface area contributed by atoms with Crippen LogP contribution in [0.2, 0.25) is 5.02 Å². The Hall–Kier alpha value is -2.86. The maximum atomic E-state index is 12.7. The van der Waals surface area contributed by atoms with Gasteiger partial charge in [-0.2, -0.15) is 0 Å². The summed E-state index contributed by atoms with van der Waals surface area (Å²) in [5.74, 6) is 1.72. The van der Waals surface area contributed by atoms with E-state index in [1.54, 1.807) is 0 Å². The lowest BCUT2D eigenvalue weighted by Crippen LogP contribution is -2.50. The Labute approximate surface area is 175 Å². The van der Waals surface area contributed by atoms with Crippen LogP contribution >= 0.6 is 11.6 Å². The van der Waals surface area contributed by atoms with Crippen molar-refractivity contribution in [1.29, 1.82) is 0 Å². The number of anilines is 2. The molecule has 0 bridgehead atoms. The number of amides is 2. The van der Waals surface area contributed by atoms with Crippen molar-refractivity contribution in [3.8, 4) is 0 Å². The first kappa shape index (κ1) is 19.5. The minimum Gasteiger partial charge on any atom is -0.352 e. The second-order valence-corrected chi connectivity index (χ2v) is 7.63. The average molecular weight is 410 g/mol. The first-order chi connectivity index (χ1) is 14.0. The molecule has 29 heavy (non-hydrogen) atoms. The van der Waals surface area contributed by atoms with Crippen LogP contribution in [0.15, 0.2) is 42.5 Å². The van der Waals surface area contributed by atoms with Crippen molar-refractivity contribution in [2.75, 3.05) is 36.4 Å². The average Bonchev–Trinajstić information content (AvgIpc) is 2.74. The molecule has 2 amide bonds. The van der Waals surface area contributed by atoms with Crippen molar-refractivity contribution >= 4 is 40.0 Å². The van der Waals surface area contributed by atoms with Gasteiger partial charge in [-0.1, -0.05) is 36.7 Å². The van der Waals surface area contributed by atoms with Gasteiger partial charge < -0.3 is 15.1 Å². The van der Waals surface area contributed by atoms with Crippen molar-refractivity contribution in [3.05, 3.63) is 58.9 Å². The summed E-state index contributed by atoms with van der Waals surface area (Å²) >= 11 is 6.16. The number of nitrogens with one attached hydrogen (secondary N) is 1. The SMILES string of the molecule is CCc1nc(N2CCN(C(=O)Nc3ccccc3C)CC2)c2ccc(Cl)cc2n1. The van der Waals surface area contributed by atoms with E-state index in [2.05, 4.69) is 15.2 Å². The lowest BCUT2D eigenvalue weighted by Gasteiger charge is -2.36. The number of rotatable bonds is 3. The number of carbonyl (C=O) groups is 1. The molecule has 0 saturated carbocycles. The van der Waals surface area contributed by atoms with Crippen molar-refractivity contribution in [3.63, 3.8) is 0 Å². The minimum absolute atomic E-state index is 0.0625. The highest BCUT2D eigenvalue weighted by Crippen LogP contribution is 2.27. The maximum absolute atomic E-state index is 12.7. The lowest BCUT2D eigenvalue weighted by molar-refractivity contribution is 0.208. The Balaban J connectivity index is 1.50. The Morgan fingerprint density at radius 3 is 2.59 bits per heavy atom. The molecular weight excluding hydrogens is 386 g/mol. The number of aromatic nitrogens is 2. The van der Waals surface area contributed by atoms with E-state index in [4.69, 9.17) is 16.6 Å². The molecule has 0 radical (unpaired) electrons. The van der Waals surface area contributed by atoms with Crippen LogP contribution in [0.3, 0.4) is 0 Å². The largest absolute Gasteiger partial charge is 0.352 e. The highest BCUT2D eigenvalue weighted by molar-refractivity contribution is 6.31. The highest BCUT2D eigenvalue weighted by atomic mass is 35.5. The topological polar surface area (TPSA) is 61.4 Å². The molecule has 1 aromatic heterocycles. The van der Waals surface area contributed by atoms with E-state index in [-0.39, 0.29) is 6.03 Å². The van der Waals surface area contributed by atoms with Crippen LogP contribution in [0.25, 0.3) is 10.9 Å². The van der Waals surface area contributed by atoms with E-state index in [9.17, 15) is 4.79 Å². The molecule has 1 aliphatic heterocycles. The fraction of sp³-hybridized carbons (Fsp3) is 0.318. The number of benzene rings is 2. The molecule has 1 aliphatic rings. The summed E-state index contributed by atoms with van der Waals surface area (Å²) < 4.78 is 0. The molecular formula is C22H24ClN5O.